The molecule has 0 aliphatic carbocycles. The van der Waals surface area contributed by atoms with Crippen LogP contribution in [0.5, 0.6) is 5.75 Å². The highest BCUT2D eigenvalue weighted by molar-refractivity contribution is 6.37. The van der Waals surface area contributed by atoms with Gasteiger partial charge in [0.2, 0.25) is 0 Å². The van der Waals surface area contributed by atoms with Crippen LogP contribution in [-0.4, -0.2) is 18.5 Å². The Balaban J connectivity index is 2.10. The fourth-order valence-electron chi connectivity index (χ4n) is 1.95. The quantitative estimate of drug-likeness (QED) is 0.708. The number of ether oxygens (including phenoxy) is 1. The second-order valence-corrected chi connectivity index (χ2v) is 5.69. The Hall–Kier alpha value is -2.64. The van der Waals surface area contributed by atoms with Gasteiger partial charge in [-0.15, -0.1) is 0 Å². The molecule has 0 bridgehead atoms. The van der Waals surface area contributed by atoms with Gasteiger partial charge in [-0.3, -0.25) is 10.1 Å². The van der Waals surface area contributed by atoms with Gasteiger partial charge in [-0.25, -0.2) is 13.6 Å². The molecule has 0 aromatic heterocycles. The molecule has 0 radical (unpaired) electrons. The van der Waals surface area contributed by atoms with Crippen LogP contribution in [0, 0.1) is 11.6 Å². The van der Waals surface area contributed by atoms with Crippen LogP contribution in [0.3, 0.4) is 0 Å². The number of hydrogen-bond acceptors (Lipinski definition) is 3. The zero-order valence-electron chi connectivity index (χ0n) is 13.1. The van der Waals surface area contributed by atoms with Crippen molar-refractivity contribution in [3.05, 3.63) is 70.2 Å². The first kappa shape index (κ1) is 19.7. The highest BCUT2D eigenvalue weighted by atomic mass is 35.5. The van der Waals surface area contributed by atoms with Crippen molar-refractivity contribution in [1.82, 2.24) is 5.32 Å². The maximum atomic E-state index is 13.5. The lowest BCUT2D eigenvalue weighted by Crippen LogP contribution is -2.35. The smallest absolute Gasteiger partial charge is 0.326 e. The summed E-state index contributed by atoms with van der Waals surface area (Å²) < 4.78 is 32.4. The molecule has 136 valence electrons. The van der Waals surface area contributed by atoms with Crippen molar-refractivity contribution in [2.45, 2.75) is 0 Å². The van der Waals surface area contributed by atoms with Gasteiger partial charge in [-0.1, -0.05) is 41.9 Å². The summed E-state index contributed by atoms with van der Waals surface area (Å²) in [5.41, 5.74) is -0.725. The second-order valence-electron chi connectivity index (χ2n) is 4.87. The minimum atomic E-state index is -1.23. The number of imide groups is 1. The molecule has 0 aliphatic rings. The first-order chi connectivity index (χ1) is 12.3. The highest BCUT2D eigenvalue weighted by Crippen LogP contribution is 2.36. The number of carbonyl (C=O) groups is 2. The number of urea groups is 1. The maximum absolute atomic E-state index is 13.5. The number of hydrogen-bond donors (Lipinski definition) is 2. The largest absolute Gasteiger partial charge is 0.486 e. The monoisotopic (exact) mass is 400 g/mol. The van der Waals surface area contributed by atoms with Crippen LogP contribution in [0.1, 0.15) is 10.4 Å². The van der Waals surface area contributed by atoms with Crippen molar-refractivity contribution in [3.8, 4) is 5.75 Å². The average Bonchev–Trinajstić information content (AvgIpc) is 2.53. The van der Waals surface area contributed by atoms with Crippen molar-refractivity contribution in [1.29, 1.82) is 0 Å². The van der Waals surface area contributed by atoms with Gasteiger partial charge < -0.3 is 10.1 Å². The number of benzene rings is 2. The summed E-state index contributed by atoms with van der Waals surface area (Å²) in [4.78, 5) is 23.7. The first-order valence-corrected chi connectivity index (χ1v) is 7.88. The van der Waals surface area contributed by atoms with E-state index in [2.05, 4.69) is 11.9 Å². The van der Waals surface area contributed by atoms with Gasteiger partial charge in [-0.05, 0) is 24.3 Å². The third-order valence-corrected chi connectivity index (χ3v) is 3.58. The standard InChI is InChI=1S/C17H12Cl2F2N2O3/c1-2-6-26-15-10(18)7-9(8-11(15)19)22-17(25)23-16(24)14-12(20)4-3-5-13(14)21/h2-5,7-8H,1,6H2,(H2,22,23,24,25). The molecule has 0 saturated heterocycles. The Bertz CT molecular complexity index is 832. The molecule has 2 aromatic carbocycles. The number of amides is 3. The minimum Gasteiger partial charge on any atom is -0.486 e. The predicted molar refractivity (Wildman–Crippen MR) is 95.0 cm³/mol. The number of rotatable bonds is 5. The van der Waals surface area contributed by atoms with E-state index in [1.165, 1.54) is 18.2 Å². The number of anilines is 1. The second kappa shape index (κ2) is 8.64. The summed E-state index contributed by atoms with van der Waals surface area (Å²) in [6.45, 7) is 3.67. The topological polar surface area (TPSA) is 67.4 Å². The molecule has 2 rings (SSSR count). The molecule has 0 saturated carbocycles. The van der Waals surface area contributed by atoms with Gasteiger partial charge in [0.15, 0.2) is 5.75 Å². The van der Waals surface area contributed by atoms with E-state index in [1.54, 1.807) is 0 Å². The van der Waals surface area contributed by atoms with E-state index >= 15 is 0 Å². The summed E-state index contributed by atoms with van der Waals surface area (Å²) >= 11 is 12.0. The van der Waals surface area contributed by atoms with E-state index < -0.39 is 29.1 Å². The van der Waals surface area contributed by atoms with Gasteiger partial charge in [-0.2, -0.15) is 0 Å². The molecular weight excluding hydrogens is 389 g/mol. The third kappa shape index (κ3) is 4.71. The molecule has 0 atom stereocenters. The molecule has 2 N–H and O–H groups in total. The van der Waals surface area contributed by atoms with Gasteiger partial charge in [0, 0.05) is 5.69 Å². The Morgan fingerprint density at radius 3 is 2.27 bits per heavy atom. The number of carbonyl (C=O) groups excluding carboxylic acids is 2. The molecule has 9 heteroatoms. The highest BCUT2D eigenvalue weighted by Gasteiger charge is 2.19. The predicted octanol–water partition coefficient (Wildman–Crippen LogP) is 4.80. The molecule has 2 aromatic rings. The summed E-state index contributed by atoms with van der Waals surface area (Å²) in [5.74, 6) is -3.22. The van der Waals surface area contributed by atoms with E-state index in [0.29, 0.717) is 0 Å². The van der Waals surface area contributed by atoms with Crippen LogP contribution in [0.4, 0.5) is 19.3 Å². The molecule has 0 spiro atoms. The zero-order valence-corrected chi connectivity index (χ0v) is 14.6. The van der Waals surface area contributed by atoms with Crippen LogP contribution in [0.25, 0.3) is 0 Å². The van der Waals surface area contributed by atoms with Crippen LogP contribution in [-0.2, 0) is 0 Å². The van der Waals surface area contributed by atoms with Crippen LogP contribution in [0.2, 0.25) is 10.0 Å². The van der Waals surface area contributed by atoms with Crippen LogP contribution < -0.4 is 15.4 Å². The van der Waals surface area contributed by atoms with Crippen LogP contribution in [0.15, 0.2) is 43.0 Å². The maximum Gasteiger partial charge on any atom is 0.326 e. The molecule has 3 amide bonds. The molecular formula is C17H12Cl2F2N2O3. The molecule has 26 heavy (non-hydrogen) atoms. The summed E-state index contributed by atoms with van der Waals surface area (Å²) in [5, 5.41) is 4.32. The molecule has 5 nitrogen and oxygen atoms in total. The lowest BCUT2D eigenvalue weighted by Gasteiger charge is -2.12. The van der Waals surface area contributed by atoms with Crippen molar-refractivity contribution in [2.24, 2.45) is 0 Å². The van der Waals surface area contributed by atoms with E-state index in [0.717, 1.165) is 18.2 Å². The summed E-state index contributed by atoms with van der Waals surface area (Å²) in [6.07, 6.45) is 1.50. The van der Waals surface area contributed by atoms with E-state index in [4.69, 9.17) is 27.9 Å². The summed E-state index contributed by atoms with van der Waals surface area (Å²) in [7, 11) is 0. The lowest BCUT2D eigenvalue weighted by atomic mass is 10.2. The van der Waals surface area contributed by atoms with Gasteiger partial charge in [0.05, 0.1) is 10.0 Å². The first-order valence-electron chi connectivity index (χ1n) is 7.12. The Morgan fingerprint density at radius 1 is 1.15 bits per heavy atom. The SMILES string of the molecule is C=CCOc1c(Cl)cc(NC(=O)NC(=O)c2c(F)cccc2F)cc1Cl. The van der Waals surface area contributed by atoms with E-state index in [1.807, 2.05) is 5.32 Å². The van der Waals surface area contributed by atoms with Crippen molar-refractivity contribution < 1.29 is 23.1 Å². The molecule has 0 fully saturated rings. The van der Waals surface area contributed by atoms with Crippen molar-refractivity contribution >= 4 is 40.8 Å². The Labute approximate surface area is 157 Å². The Kier molecular flexibility index (Phi) is 6.54. The van der Waals surface area contributed by atoms with E-state index in [-0.39, 0.29) is 28.1 Å². The fourth-order valence-corrected chi connectivity index (χ4v) is 2.55. The van der Waals surface area contributed by atoms with Crippen LogP contribution >= 0.6 is 23.2 Å². The molecule has 0 aliphatic heterocycles. The molecule has 0 unspecified atom stereocenters. The average molecular weight is 401 g/mol. The fraction of sp³-hybridized carbons (Fsp3) is 0.0588. The third-order valence-electron chi connectivity index (χ3n) is 3.02. The van der Waals surface area contributed by atoms with Crippen molar-refractivity contribution in [2.75, 3.05) is 11.9 Å². The van der Waals surface area contributed by atoms with Gasteiger partial charge >= 0.3 is 6.03 Å². The number of nitrogens with one attached hydrogen (secondary N) is 2. The van der Waals surface area contributed by atoms with Crippen molar-refractivity contribution in [3.63, 3.8) is 0 Å². The van der Waals surface area contributed by atoms with E-state index in [9.17, 15) is 18.4 Å². The van der Waals surface area contributed by atoms with Gasteiger partial charge in [0.1, 0.15) is 23.8 Å². The Morgan fingerprint density at radius 2 is 1.73 bits per heavy atom. The summed E-state index contributed by atoms with van der Waals surface area (Å²) in [6, 6.07) is 4.54. The normalized spacial score (nSPS) is 10.2. The zero-order chi connectivity index (χ0) is 19.3. The lowest BCUT2D eigenvalue weighted by molar-refractivity contribution is 0.0959. The molecule has 0 heterocycles. The number of halogens is 4. The minimum absolute atomic E-state index is 0.112. The van der Waals surface area contributed by atoms with Gasteiger partial charge in [0.25, 0.3) is 5.91 Å².